The van der Waals surface area contributed by atoms with Crippen molar-refractivity contribution in [2.24, 2.45) is 0 Å². The summed E-state index contributed by atoms with van der Waals surface area (Å²) in [4.78, 5) is 8.45. The highest BCUT2D eigenvalue weighted by molar-refractivity contribution is 7.89. The van der Waals surface area contributed by atoms with Gasteiger partial charge in [0, 0.05) is 25.8 Å². The first-order valence-corrected chi connectivity index (χ1v) is 10.7. The van der Waals surface area contributed by atoms with Crippen molar-refractivity contribution in [3.05, 3.63) is 66.4 Å². The highest BCUT2D eigenvalue weighted by atomic mass is 32.2. The Morgan fingerprint density at radius 1 is 1.00 bits per heavy atom. The van der Waals surface area contributed by atoms with Gasteiger partial charge in [-0.3, -0.25) is 0 Å². The van der Waals surface area contributed by atoms with E-state index in [0.29, 0.717) is 32.0 Å². The number of sulfonamides is 1. The molecule has 0 spiro atoms. The van der Waals surface area contributed by atoms with E-state index in [2.05, 4.69) is 32.5 Å². The van der Waals surface area contributed by atoms with Gasteiger partial charge in [-0.15, -0.1) is 0 Å². The Bertz CT molecular complexity index is 996. The molecule has 2 aromatic heterocycles. The summed E-state index contributed by atoms with van der Waals surface area (Å²) in [5.41, 5.74) is 2.25. The number of rotatable bonds is 7. The van der Waals surface area contributed by atoms with E-state index in [4.69, 9.17) is 0 Å². The lowest BCUT2D eigenvalue weighted by atomic mass is 10.1. The van der Waals surface area contributed by atoms with Crippen LogP contribution in [0.5, 0.6) is 0 Å². The van der Waals surface area contributed by atoms with E-state index in [1.165, 1.54) is 16.8 Å². The van der Waals surface area contributed by atoms with E-state index in [9.17, 15) is 8.42 Å². The molecule has 3 heterocycles. The van der Waals surface area contributed by atoms with Crippen molar-refractivity contribution >= 4 is 15.8 Å². The quantitative estimate of drug-likeness (QED) is 0.655. The minimum atomic E-state index is -3.42. The number of aromatic nitrogens is 4. The fourth-order valence-corrected chi connectivity index (χ4v) is 4.63. The molecule has 0 radical (unpaired) electrons. The minimum Gasteiger partial charge on any atom is -0.366 e. The summed E-state index contributed by atoms with van der Waals surface area (Å²) < 4.78 is 28.4. The molecular formula is C19H22N6O2S. The van der Waals surface area contributed by atoms with Crippen LogP contribution in [-0.4, -0.2) is 45.6 Å². The zero-order chi connectivity index (χ0) is 19.4. The number of anilines is 1. The van der Waals surface area contributed by atoms with Crippen molar-refractivity contribution in [1.29, 1.82) is 0 Å². The molecule has 1 aliphatic heterocycles. The molecule has 4 rings (SSSR count). The summed E-state index contributed by atoms with van der Waals surface area (Å²) in [6.45, 7) is 2.47. The molecule has 0 amide bonds. The first-order chi connectivity index (χ1) is 13.6. The van der Waals surface area contributed by atoms with E-state index in [1.807, 2.05) is 12.1 Å². The second-order valence-electron chi connectivity index (χ2n) is 6.75. The van der Waals surface area contributed by atoms with Gasteiger partial charge in [0.1, 0.15) is 23.4 Å². The summed E-state index contributed by atoms with van der Waals surface area (Å²) in [7, 11) is -3.42. The number of nitrogens with one attached hydrogen (secondary N) is 1. The van der Waals surface area contributed by atoms with Crippen LogP contribution in [0.4, 0.5) is 5.82 Å². The van der Waals surface area contributed by atoms with Gasteiger partial charge in [0.05, 0.1) is 6.54 Å². The van der Waals surface area contributed by atoms with Gasteiger partial charge < -0.3 is 5.32 Å². The summed E-state index contributed by atoms with van der Waals surface area (Å²) >= 11 is 0. The second kappa shape index (κ2) is 8.07. The van der Waals surface area contributed by atoms with Crippen LogP contribution >= 0.6 is 0 Å². The molecule has 146 valence electrons. The SMILES string of the molecule is O=S(=O)(c1ccc(NCc2ccc(Cn3cncn3)cc2)nc1)N1CCCC1. The van der Waals surface area contributed by atoms with Gasteiger partial charge in [0.15, 0.2) is 0 Å². The van der Waals surface area contributed by atoms with Gasteiger partial charge in [-0.25, -0.2) is 23.1 Å². The number of pyridine rings is 1. The molecule has 1 aliphatic rings. The lowest BCUT2D eigenvalue weighted by Gasteiger charge is -2.15. The Morgan fingerprint density at radius 3 is 2.39 bits per heavy atom. The summed E-state index contributed by atoms with van der Waals surface area (Å²) in [5.74, 6) is 0.645. The fraction of sp³-hybridized carbons (Fsp3) is 0.316. The Balaban J connectivity index is 1.34. The van der Waals surface area contributed by atoms with E-state index in [0.717, 1.165) is 24.0 Å². The first kappa shape index (κ1) is 18.6. The van der Waals surface area contributed by atoms with Gasteiger partial charge in [-0.05, 0) is 36.1 Å². The maximum absolute atomic E-state index is 12.5. The monoisotopic (exact) mass is 398 g/mol. The topological polar surface area (TPSA) is 93.0 Å². The van der Waals surface area contributed by atoms with Gasteiger partial charge in [-0.2, -0.15) is 9.40 Å². The molecule has 0 atom stereocenters. The van der Waals surface area contributed by atoms with Crippen LogP contribution in [0.1, 0.15) is 24.0 Å². The Morgan fingerprint density at radius 2 is 1.75 bits per heavy atom. The molecule has 9 heteroatoms. The van der Waals surface area contributed by atoms with Gasteiger partial charge in [0.25, 0.3) is 0 Å². The molecule has 0 saturated carbocycles. The predicted octanol–water partition coefficient (Wildman–Crippen LogP) is 2.12. The first-order valence-electron chi connectivity index (χ1n) is 9.21. The number of benzene rings is 1. The van der Waals surface area contributed by atoms with Crippen LogP contribution in [0.15, 0.2) is 60.1 Å². The van der Waals surface area contributed by atoms with Crippen LogP contribution in [0, 0.1) is 0 Å². The molecule has 0 aliphatic carbocycles. The van der Waals surface area contributed by atoms with E-state index >= 15 is 0 Å². The average Bonchev–Trinajstić information content (AvgIpc) is 3.42. The molecule has 0 bridgehead atoms. The molecule has 1 N–H and O–H groups in total. The van der Waals surface area contributed by atoms with Crippen LogP contribution in [0.3, 0.4) is 0 Å². The second-order valence-corrected chi connectivity index (χ2v) is 8.69. The van der Waals surface area contributed by atoms with E-state index < -0.39 is 10.0 Å². The molecule has 8 nitrogen and oxygen atoms in total. The molecule has 0 unspecified atom stereocenters. The van der Waals surface area contributed by atoms with E-state index in [1.54, 1.807) is 23.1 Å². The average molecular weight is 398 g/mol. The predicted molar refractivity (Wildman–Crippen MR) is 105 cm³/mol. The van der Waals surface area contributed by atoms with Crippen LogP contribution in [0.25, 0.3) is 0 Å². The minimum absolute atomic E-state index is 0.248. The molecule has 3 aromatic rings. The lowest BCUT2D eigenvalue weighted by Crippen LogP contribution is -2.27. The van der Waals surface area contributed by atoms with Crippen molar-refractivity contribution in [2.75, 3.05) is 18.4 Å². The number of hydrogen-bond acceptors (Lipinski definition) is 6. The van der Waals surface area contributed by atoms with Crippen LogP contribution in [-0.2, 0) is 23.1 Å². The fourth-order valence-electron chi connectivity index (χ4n) is 3.17. The summed E-state index contributed by atoms with van der Waals surface area (Å²) in [6.07, 6.45) is 6.48. The maximum atomic E-state index is 12.5. The van der Waals surface area contributed by atoms with Gasteiger partial charge in [-0.1, -0.05) is 24.3 Å². The van der Waals surface area contributed by atoms with Gasteiger partial charge in [0.2, 0.25) is 10.0 Å². The maximum Gasteiger partial charge on any atom is 0.244 e. The zero-order valence-corrected chi connectivity index (χ0v) is 16.2. The van der Waals surface area contributed by atoms with Crippen molar-refractivity contribution in [3.63, 3.8) is 0 Å². The Hall–Kier alpha value is -2.78. The van der Waals surface area contributed by atoms with Gasteiger partial charge >= 0.3 is 0 Å². The molecule has 1 aromatic carbocycles. The molecule has 1 fully saturated rings. The van der Waals surface area contributed by atoms with Crippen molar-refractivity contribution < 1.29 is 8.42 Å². The van der Waals surface area contributed by atoms with Crippen molar-refractivity contribution in [2.45, 2.75) is 30.8 Å². The third-order valence-corrected chi connectivity index (χ3v) is 6.63. The highest BCUT2D eigenvalue weighted by Crippen LogP contribution is 2.21. The smallest absolute Gasteiger partial charge is 0.244 e. The largest absolute Gasteiger partial charge is 0.366 e. The Labute approximate surface area is 164 Å². The van der Waals surface area contributed by atoms with Crippen molar-refractivity contribution in [3.8, 4) is 0 Å². The number of nitrogens with zero attached hydrogens (tertiary/aromatic N) is 5. The Kier molecular flexibility index (Phi) is 5.36. The zero-order valence-electron chi connectivity index (χ0n) is 15.4. The molecule has 1 saturated heterocycles. The van der Waals surface area contributed by atoms with E-state index in [-0.39, 0.29) is 4.90 Å². The summed E-state index contributed by atoms with van der Waals surface area (Å²) in [5, 5.41) is 7.33. The van der Waals surface area contributed by atoms with Crippen molar-refractivity contribution in [1.82, 2.24) is 24.1 Å². The third kappa shape index (κ3) is 4.20. The third-order valence-electron chi connectivity index (χ3n) is 4.75. The van der Waals surface area contributed by atoms with Crippen LogP contribution in [0.2, 0.25) is 0 Å². The highest BCUT2D eigenvalue weighted by Gasteiger charge is 2.27. The molecular weight excluding hydrogens is 376 g/mol. The molecule has 28 heavy (non-hydrogen) atoms. The summed E-state index contributed by atoms with van der Waals surface area (Å²) in [6, 6.07) is 11.5. The van der Waals surface area contributed by atoms with Crippen LogP contribution < -0.4 is 5.32 Å². The normalized spacial score (nSPS) is 15.0. The standard InChI is InChI=1S/C19H22N6O2S/c26-28(27,25-9-1-2-10-25)18-7-8-19(22-12-18)21-11-16-3-5-17(6-4-16)13-24-15-20-14-23-24/h3-8,12,14-15H,1-2,9-11,13H2,(H,21,22). The lowest BCUT2D eigenvalue weighted by molar-refractivity contribution is 0.477. The number of hydrogen-bond donors (Lipinski definition) is 1.